The number of esters is 1. The molecule has 0 amide bonds. The normalized spacial score (nSPS) is 35.7. The first kappa shape index (κ1) is 16.2. The Morgan fingerprint density at radius 2 is 2.00 bits per heavy atom. The number of carbonyl (C=O) groups excluding carboxylic acids is 1. The number of carbonyl (C=O) groups is 1. The molecule has 4 unspecified atom stereocenters. The zero-order chi connectivity index (χ0) is 15.7. The van der Waals surface area contributed by atoms with Crippen LogP contribution in [0.5, 0.6) is 0 Å². The quantitative estimate of drug-likeness (QED) is 0.726. The molecule has 0 spiro atoms. The summed E-state index contributed by atoms with van der Waals surface area (Å²) >= 11 is 0. The van der Waals surface area contributed by atoms with Crippen molar-refractivity contribution >= 4 is 16.0 Å². The number of rotatable bonds is 5. The molecule has 0 aromatic rings. The predicted molar refractivity (Wildman–Crippen MR) is 83.8 cm³/mol. The number of hydrogen-bond donors (Lipinski definition) is 0. The van der Waals surface area contributed by atoms with Crippen LogP contribution in [0, 0.1) is 11.8 Å². The van der Waals surface area contributed by atoms with Crippen LogP contribution in [0.1, 0.15) is 58.3 Å². The van der Waals surface area contributed by atoms with Crippen molar-refractivity contribution in [3.8, 4) is 0 Å². The number of piperidine rings is 1. The molecule has 0 aromatic carbocycles. The number of nitrogens with zero attached hydrogens (tertiary/aromatic N) is 1. The van der Waals surface area contributed by atoms with E-state index in [1.807, 2.05) is 6.92 Å². The van der Waals surface area contributed by atoms with Crippen molar-refractivity contribution in [3.05, 3.63) is 0 Å². The van der Waals surface area contributed by atoms with E-state index in [1.165, 1.54) is 17.1 Å². The fourth-order valence-electron chi connectivity index (χ4n) is 4.41. The van der Waals surface area contributed by atoms with Gasteiger partial charge in [-0.25, -0.2) is 8.42 Å². The van der Waals surface area contributed by atoms with Gasteiger partial charge in [-0.3, -0.25) is 4.79 Å². The molecule has 22 heavy (non-hydrogen) atoms. The minimum atomic E-state index is -3.34. The smallest absolute Gasteiger partial charge is 0.324 e. The Morgan fingerprint density at radius 1 is 1.18 bits per heavy atom. The van der Waals surface area contributed by atoms with Gasteiger partial charge in [-0.1, -0.05) is 6.92 Å². The van der Waals surface area contributed by atoms with Gasteiger partial charge in [0.05, 0.1) is 5.75 Å². The second kappa shape index (κ2) is 6.48. The first-order valence-electron chi connectivity index (χ1n) is 8.71. The Balaban J connectivity index is 1.66. The average molecular weight is 329 g/mol. The van der Waals surface area contributed by atoms with Crippen LogP contribution in [0.25, 0.3) is 0 Å². The summed E-state index contributed by atoms with van der Waals surface area (Å²) in [5, 5.41) is 0. The Labute approximate surface area is 133 Å². The molecule has 1 saturated heterocycles. The molecular weight excluding hydrogens is 302 g/mol. The van der Waals surface area contributed by atoms with E-state index in [9.17, 15) is 13.2 Å². The van der Waals surface area contributed by atoms with Gasteiger partial charge in [0.15, 0.2) is 0 Å². The van der Waals surface area contributed by atoms with Gasteiger partial charge in [0.1, 0.15) is 12.1 Å². The van der Waals surface area contributed by atoms with Crippen molar-refractivity contribution in [3.63, 3.8) is 0 Å². The molecule has 0 aromatic heterocycles. The van der Waals surface area contributed by atoms with E-state index in [-0.39, 0.29) is 17.8 Å². The molecule has 2 bridgehead atoms. The van der Waals surface area contributed by atoms with E-state index in [4.69, 9.17) is 4.74 Å². The van der Waals surface area contributed by atoms with Crippen molar-refractivity contribution in [1.29, 1.82) is 0 Å². The van der Waals surface area contributed by atoms with Gasteiger partial charge in [-0.15, -0.1) is 0 Å². The summed E-state index contributed by atoms with van der Waals surface area (Å²) in [6.07, 6.45) is 7.52. The SMILES string of the molecule is CCCS(=O)(=O)N1CCCCC1C(=O)OC1CC2CCC1C2. The van der Waals surface area contributed by atoms with Crippen LogP contribution in [0.2, 0.25) is 0 Å². The third kappa shape index (κ3) is 3.18. The van der Waals surface area contributed by atoms with Crippen LogP contribution in [0.3, 0.4) is 0 Å². The number of sulfonamides is 1. The summed E-state index contributed by atoms with van der Waals surface area (Å²) in [5.74, 6) is 1.04. The maximum absolute atomic E-state index is 12.6. The Morgan fingerprint density at radius 3 is 2.64 bits per heavy atom. The fourth-order valence-corrected chi connectivity index (χ4v) is 6.14. The van der Waals surface area contributed by atoms with Crippen LogP contribution in [0.15, 0.2) is 0 Å². The molecule has 3 aliphatic rings. The largest absolute Gasteiger partial charge is 0.461 e. The number of fused-ring (bicyclic) bond motifs is 2. The maximum atomic E-state index is 12.6. The Bertz CT molecular complexity index is 518. The highest BCUT2D eigenvalue weighted by Gasteiger charge is 2.44. The minimum Gasteiger partial charge on any atom is -0.461 e. The van der Waals surface area contributed by atoms with Gasteiger partial charge in [-0.2, -0.15) is 4.31 Å². The van der Waals surface area contributed by atoms with Crippen molar-refractivity contribution in [2.45, 2.75) is 70.4 Å². The van der Waals surface area contributed by atoms with Crippen molar-refractivity contribution in [2.75, 3.05) is 12.3 Å². The third-order valence-electron chi connectivity index (χ3n) is 5.49. The van der Waals surface area contributed by atoms with Gasteiger partial charge >= 0.3 is 5.97 Å². The topological polar surface area (TPSA) is 63.7 Å². The molecule has 4 atom stereocenters. The minimum absolute atomic E-state index is 0.0314. The lowest BCUT2D eigenvalue weighted by Crippen LogP contribution is -2.50. The summed E-state index contributed by atoms with van der Waals surface area (Å²) < 4.78 is 31.9. The maximum Gasteiger partial charge on any atom is 0.324 e. The first-order valence-corrected chi connectivity index (χ1v) is 10.3. The molecule has 1 aliphatic heterocycles. The van der Waals surface area contributed by atoms with Crippen molar-refractivity contribution in [2.24, 2.45) is 11.8 Å². The number of hydrogen-bond acceptors (Lipinski definition) is 4. The molecule has 6 heteroatoms. The van der Waals surface area contributed by atoms with Gasteiger partial charge in [-0.05, 0) is 63.2 Å². The van der Waals surface area contributed by atoms with Gasteiger partial charge < -0.3 is 4.74 Å². The molecular formula is C16H27NO4S. The van der Waals surface area contributed by atoms with E-state index in [0.29, 0.717) is 31.2 Å². The van der Waals surface area contributed by atoms with E-state index in [2.05, 4.69) is 0 Å². The summed E-state index contributed by atoms with van der Waals surface area (Å²) in [7, 11) is -3.34. The van der Waals surface area contributed by atoms with Gasteiger partial charge in [0, 0.05) is 6.54 Å². The molecule has 3 fully saturated rings. The molecule has 126 valence electrons. The van der Waals surface area contributed by atoms with E-state index in [1.54, 1.807) is 0 Å². The van der Waals surface area contributed by atoms with Crippen molar-refractivity contribution in [1.82, 2.24) is 4.31 Å². The Hall–Kier alpha value is -0.620. The van der Waals surface area contributed by atoms with E-state index >= 15 is 0 Å². The second-order valence-electron chi connectivity index (χ2n) is 7.09. The molecule has 5 nitrogen and oxygen atoms in total. The highest BCUT2D eigenvalue weighted by molar-refractivity contribution is 7.89. The Kier molecular flexibility index (Phi) is 4.78. The van der Waals surface area contributed by atoms with Gasteiger partial charge in [0.2, 0.25) is 10.0 Å². The molecule has 0 radical (unpaired) electrons. The lowest BCUT2D eigenvalue weighted by atomic mass is 9.97. The average Bonchev–Trinajstić information content (AvgIpc) is 3.10. The lowest BCUT2D eigenvalue weighted by Gasteiger charge is -2.34. The summed E-state index contributed by atoms with van der Waals surface area (Å²) in [6, 6.07) is -0.593. The summed E-state index contributed by atoms with van der Waals surface area (Å²) in [6.45, 7) is 2.31. The highest BCUT2D eigenvalue weighted by atomic mass is 32.2. The zero-order valence-corrected chi connectivity index (χ0v) is 14.2. The standard InChI is InChI=1S/C16H27NO4S/c1-2-9-22(19,20)17-8-4-3-5-14(17)16(18)21-15-11-12-6-7-13(15)10-12/h12-15H,2-11H2,1H3. The third-order valence-corrected chi connectivity index (χ3v) is 7.56. The molecule has 1 heterocycles. The molecule has 2 aliphatic carbocycles. The number of ether oxygens (including phenoxy) is 1. The summed E-state index contributed by atoms with van der Waals surface area (Å²) in [5.41, 5.74) is 0. The first-order chi connectivity index (χ1) is 10.5. The fraction of sp³-hybridized carbons (Fsp3) is 0.938. The zero-order valence-electron chi connectivity index (χ0n) is 13.4. The van der Waals surface area contributed by atoms with Crippen LogP contribution in [-0.4, -0.2) is 43.1 Å². The van der Waals surface area contributed by atoms with Crippen molar-refractivity contribution < 1.29 is 17.9 Å². The summed E-state index contributed by atoms with van der Waals surface area (Å²) in [4.78, 5) is 12.6. The van der Waals surface area contributed by atoms with Crippen LogP contribution < -0.4 is 0 Å². The second-order valence-corrected chi connectivity index (χ2v) is 9.13. The van der Waals surface area contributed by atoms with Crippen LogP contribution in [-0.2, 0) is 19.6 Å². The molecule has 2 saturated carbocycles. The monoisotopic (exact) mass is 329 g/mol. The predicted octanol–water partition coefficient (Wildman–Crippen LogP) is 2.31. The highest BCUT2D eigenvalue weighted by Crippen LogP contribution is 2.46. The molecule has 3 rings (SSSR count). The van der Waals surface area contributed by atoms with E-state index < -0.39 is 16.1 Å². The van der Waals surface area contributed by atoms with E-state index in [0.717, 1.165) is 25.7 Å². The lowest BCUT2D eigenvalue weighted by molar-refractivity contribution is -0.157. The van der Waals surface area contributed by atoms with Crippen LogP contribution in [0.4, 0.5) is 0 Å². The van der Waals surface area contributed by atoms with Crippen LogP contribution >= 0.6 is 0 Å². The molecule has 0 N–H and O–H groups in total. The van der Waals surface area contributed by atoms with Gasteiger partial charge in [0.25, 0.3) is 0 Å².